The molecule has 1 saturated heterocycles. The summed E-state index contributed by atoms with van der Waals surface area (Å²) in [7, 11) is 0. The van der Waals surface area contributed by atoms with Crippen LogP contribution in [0.15, 0.2) is 0 Å². The molecule has 20 heavy (non-hydrogen) atoms. The number of aryl methyl sites for hydroxylation is 1. The fraction of sp³-hybridized carbons (Fsp3) is 0.692. The Labute approximate surface area is 116 Å². The van der Waals surface area contributed by atoms with Crippen molar-refractivity contribution in [3.63, 3.8) is 0 Å². The Morgan fingerprint density at radius 3 is 2.75 bits per heavy atom. The van der Waals surface area contributed by atoms with Gasteiger partial charge in [-0.15, -0.1) is 0 Å². The number of nitrogens with zero attached hydrogens (tertiary/aromatic N) is 3. The maximum atomic E-state index is 12.8. The van der Waals surface area contributed by atoms with Crippen LogP contribution in [0, 0.1) is 13.8 Å². The van der Waals surface area contributed by atoms with E-state index in [0.717, 1.165) is 12.8 Å². The van der Waals surface area contributed by atoms with Gasteiger partial charge in [0.15, 0.2) is 0 Å². The molecule has 0 spiro atoms. The molecule has 7 heteroatoms. The lowest BCUT2D eigenvalue weighted by Gasteiger charge is -2.23. The molecule has 1 aliphatic heterocycles. The molecule has 0 bridgehead atoms. The van der Waals surface area contributed by atoms with Crippen molar-refractivity contribution in [1.82, 2.24) is 14.7 Å². The Kier molecular flexibility index (Phi) is 4.37. The molecule has 0 saturated carbocycles. The molecule has 0 aromatic carbocycles. The first kappa shape index (κ1) is 14.9. The third-order valence-electron chi connectivity index (χ3n) is 3.96. The molecular formula is C13H20F2N4O. The van der Waals surface area contributed by atoms with Crippen molar-refractivity contribution < 1.29 is 13.6 Å². The Balaban J connectivity index is 2.16. The van der Waals surface area contributed by atoms with Gasteiger partial charge in [0.1, 0.15) is 0 Å². The molecule has 1 unspecified atom stereocenters. The van der Waals surface area contributed by atoms with E-state index in [2.05, 4.69) is 5.10 Å². The maximum Gasteiger partial charge on any atom is 0.333 e. The summed E-state index contributed by atoms with van der Waals surface area (Å²) in [4.78, 5) is 14.1. The summed E-state index contributed by atoms with van der Waals surface area (Å²) in [6.07, 6.45) is 1.97. The predicted octanol–water partition coefficient (Wildman–Crippen LogP) is 1.39. The standard InChI is InChI=1S/C13H20F2N4O/c1-8-11(9(2)19(17-8)13(14)15)6-12(20)18-5-3-4-10(18)7-16/h10,13H,3-7,16H2,1-2H3. The van der Waals surface area contributed by atoms with E-state index in [1.807, 2.05) is 0 Å². The van der Waals surface area contributed by atoms with E-state index in [1.165, 1.54) is 0 Å². The lowest BCUT2D eigenvalue weighted by atomic mass is 10.1. The molecule has 0 aliphatic carbocycles. The summed E-state index contributed by atoms with van der Waals surface area (Å²) < 4.78 is 26.2. The minimum atomic E-state index is -2.68. The largest absolute Gasteiger partial charge is 0.338 e. The first-order valence-corrected chi connectivity index (χ1v) is 6.78. The molecule has 2 heterocycles. The molecule has 1 fully saturated rings. The number of amides is 1. The number of halogens is 2. The Morgan fingerprint density at radius 1 is 1.50 bits per heavy atom. The van der Waals surface area contributed by atoms with Crippen LogP contribution in [0.5, 0.6) is 0 Å². The van der Waals surface area contributed by atoms with E-state index in [1.54, 1.807) is 18.7 Å². The van der Waals surface area contributed by atoms with Crippen LogP contribution < -0.4 is 5.73 Å². The van der Waals surface area contributed by atoms with Crippen molar-refractivity contribution in [1.29, 1.82) is 0 Å². The van der Waals surface area contributed by atoms with Gasteiger partial charge in [-0.05, 0) is 26.7 Å². The number of nitrogens with two attached hydrogens (primary N) is 1. The Morgan fingerprint density at radius 2 is 2.20 bits per heavy atom. The molecule has 2 N–H and O–H groups in total. The lowest BCUT2D eigenvalue weighted by molar-refractivity contribution is -0.131. The summed E-state index contributed by atoms with van der Waals surface area (Å²) in [5.74, 6) is -0.0574. The van der Waals surface area contributed by atoms with Crippen LogP contribution >= 0.6 is 0 Å². The van der Waals surface area contributed by atoms with Crippen molar-refractivity contribution >= 4 is 5.91 Å². The van der Waals surface area contributed by atoms with Gasteiger partial charge < -0.3 is 10.6 Å². The van der Waals surface area contributed by atoms with Crippen LogP contribution in [-0.2, 0) is 11.2 Å². The predicted molar refractivity (Wildman–Crippen MR) is 70.4 cm³/mol. The summed E-state index contributed by atoms with van der Waals surface area (Å²) in [6, 6.07) is 0.0771. The monoisotopic (exact) mass is 286 g/mol. The summed E-state index contributed by atoms with van der Waals surface area (Å²) in [5.41, 5.74) is 7.09. The summed E-state index contributed by atoms with van der Waals surface area (Å²) >= 11 is 0. The van der Waals surface area contributed by atoms with Crippen molar-refractivity contribution in [2.24, 2.45) is 5.73 Å². The average Bonchev–Trinajstić information content (AvgIpc) is 2.97. The van der Waals surface area contributed by atoms with Crippen LogP contribution in [-0.4, -0.2) is 39.7 Å². The number of rotatable bonds is 4. The smallest absolute Gasteiger partial charge is 0.333 e. The summed E-state index contributed by atoms with van der Waals surface area (Å²) in [5, 5.41) is 3.80. The van der Waals surface area contributed by atoms with Gasteiger partial charge in [0.25, 0.3) is 0 Å². The van der Waals surface area contributed by atoms with E-state index >= 15 is 0 Å². The Bertz CT molecular complexity index is 501. The van der Waals surface area contributed by atoms with Crippen LogP contribution in [0.25, 0.3) is 0 Å². The lowest BCUT2D eigenvalue weighted by Crippen LogP contribution is -2.40. The van der Waals surface area contributed by atoms with Gasteiger partial charge in [-0.1, -0.05) is 0 Å². The molecule has 1 atom stereocenters. The minimum Gasteiger partial charge on any atom is -0.338 e. The first-order valence-electron chi connectivity index (χ1n) is 6.78. The number of alkyl halides is 2. The normalized spacial score (nSPS) is 19.1. The van der Waals surface area contributed by atoms with Gasteiger partial charge in [0.05, 0.1) is 12.1 Å². The molecule has 1 aromatic rings. The van der Waals surface area contributed by atoms with Gasteiger partial charge in [-0.25, -0.2) is 4.68 Å². The second kappa shape index (κ2) is 5.87. The van der Waals surface area contributed by atoms with Crippen molar-refractivity contribution in [2.75, 3.05) is 13.1 Å². The molecule has 5 nitrogen and oxygen atoms in total. The minimum absolute atomic E-state index is 0.0574. The zero-order valence-corrected chi connectivity index (χ0v) is 11.8. The average molecular weight is 286 g/mol. The highest BCUT2D eigenvalue weighted by Crippen LogP contribution is 2.22. The van der Waals surface area contributed by atoms with Crippen molar-refractivity contribution in [3.8, 4) is 0 Å². The zero-order valence-electron chi connectivity index (χ0n) is 11.8. The molecular weight excluding hydrogens is 266 g/mol. The number of hydrogen-bond donors (Lipinski definition) is 1. The third-order valence-corrected chi connectivity index (χ3v) is 3.96. The van der Waals surface area contributed by atoms with E-state index < -0.39 is 6.55 Å². The van der Waals surface area contributed by atoms with E-state index in [9.17, 15) is 13.6 Å². The molecule has 0 radical (unpaired) electrons. The highest BCUT2D eigenvalue weighted by Gasteiger charge is 2.29. The number of carbonyl (C=O) groups is 1. The third kappa shape index (κ3) is 2.67. The maximum absolute atomic E-state index is 12.8. The topological polar surface area (TPSA) is 64.2 Å². The molecule has 2 rings (SSSR count). The number of likely N-dealkylation sites (tertiary alicyclic amines) is 1. The highest BCUT2D eigenvalue weighted by atomic mass is 19.3. The number of carbonyl (C=O) groups excluding carboxylic acids is 1. The van der Waals surface area contributed by atoms with Gasteiger partial charge in [0, 0.05) is 30.4 Å². The van der Waals surface area contributed by atoms with E-state index in [0.29, 0.717) is 34.7 Å². The quantitative estimate of drug-likeness (QED) is 0.909. The number of hydrogen-bond acceptors (Lipinski definition) is 3. The van der Waals surface area contributed by atoms with Crippen LogP contribution in [0.4, 0.5) is 8.78 Å². The van der Waals surface area contributed by atoms with Crippen LogP contribution in [0.2, 0.25) is 0 Å². The van der Waals surface area contributed by atoms with Crippen molar-refractivity contribution in [3.05, 3.63) is 17.0 Å². The molecule has 1 aliphatic rings. The van der Waals surface area contributed by atoms with Gasteiger partial charge in [0.2, 0.25) is 5.91 Å². The second-order valence-electron chi connectivity index (χ2n) is 5.17. The molecule has 1 amide bonds. The van der Waals surface area contributed by atoms with Crippen molar-refractivity contribution in [2.45, 2.75) is 45.7 Å². The van der Waals surface area contributed by atoms with Crippen LogP contribution in [0.1, 0.15) is 36.3 Å². The first-order chi connectivity index (χ1) is 9.45. The number of aromatic nitrogens is 2. The SMILES string of the molecule is Cc1nn(C(F)F)c(C)c1CC(=O)N1CCCC1CN. The Hall–Kier alpha value is -1.50. The second-order valence-corrected chi connectivity index (χ2v) is 5.17. The molecule has 1 aromatic heterocycles. The zero-order chi connectivity index (χ0) is 14.9. The van der Waals surface area contributed by atoms with Gasteiger partial charge in [-0.2, -0.15) is 13.9 Å². The highest BCUT2D eigenvalue weighted by molar-refractivity contribution is 5.80. The molecule has 112 valence electrons. The van der Waals surface area contributed by atoms with E-state index in [4.69, 9.17) is 5.73 Å². The van der Waals surface area contributed by atoms with Gasteiger partial charge in [-0.3, -0.25) is 4.79 Å². The summed E-state index contributed by atoms with van der Waals surface area (Å²) in [6.45, 7) is 1.68. The fourth-order valence-corrected chi connectivity index (χ4v) is 2.80. The van der Waals surface area contributed by atoms with Crippen LogP contribution in [0.3, 0.4) is 0 Å². The fourth-order valence-electron chi connectivity index (χ4n) is 2.80. The van der Waals surface area contributed by atoms with E-state index in [-0.39, 0.29) is 18.4 Å². The van der Waals surface area contributed by atoms with Gasteiger partial charge >= 0.3 is 6.55 Å².